The van der Waals surface area contributed by atoms with Gasteiger partial charge in [0.1, 0.15) is 0 Å². The first-order valence-corrected chi connectivity index (χ1v) is 6.34. The summed E-state index contributed by atoms with van der Waals surface area (Å²) in [6.07, 6.45) is 2.17. The molecule has 0 atom stereocenters. The summed E-state index contributed by atoms with van der Waals surface area (Å²) in [6.45, 7) is 0. The first kappa shape index (κ1) is 11.8. The second-order valence-corrected chi connectivity index (χ2v) is 4.89. The van der Waals surface area contributed by atoms with Crippen LogP contribution < -0.4 is 0 Å². The van der Waals surface area contributed by atoms with Gasteiger partial charge in [-0.05, 0) is 23.7 Å². The fourth-order valence-corrected chi connectivity index (χ4v) is 3.00. The molecule has 97 valence electrons. The summed E-state index contributed by atoms with van der Waals surface area (Å²) in [4.78, 5) is 4.76. The first-order valence-electron chi connectivity index (χ1n) is 6.34. The average molecular weight is 433 g/mol. The van der Waals surface area contributed by atoms with Crippen LogP contribution in [0.25, 0.3) is 38.2 Å². The third kappa shape index (κ3) is 1.34. The number of pyridine rings is 1. The van der Waals surface area contributed by atoms with E-state index in [2.05, 4.69) is 53.1 Å². The fraction of sp³-hybridized carbons (Fsp3) is 0. The summed E-state index contributed by atoms with van der Waals surface area (Å²) in [6, 6.07) is 20.0. The number of benzene rings is 2. The minimum absolute atomic E-state index is 0. The molecule has 0 aliphatic carbocycles. The van der Waals surface area contributed by atoms with Crippen LogP contribution in [0.3, 0.4) is 0 Å². The first-order chi connectivity index (χ1) is 9.42. The summed E-state index contributed by atoms with van der Waals surface area (Å²) in [5.41, 5.74) is 3.17. The Balaban J connectivity index is 0.00000106. The Labute approximate surface area is 128 Å². The Hall–Kier alpha value is -1.96. The van der Waals surface area contributed by atoms with Crippen LogP contribution in [0.2, 0.25) is 0 Å². The van der Waals surface area contributed by atoms with E-state index in [1.807, 2.05) is 12.1 Å². The quantitative estimate of drug-likeness (QED) is 0.337. The molecule has 0 N–H and O–H groups in total. The van der Waals surface area contributed by atoms with Crippen LogP contribution >= 0.6 is 0 Å². The Morgan fingerprint density at radius 3 is 2.75 bits per heavy atom. The van der Waals surface area contributed by atoms with Gasteiger partial charge in [0.15, 0.2) is 0 Å². The van der Waals surface area contributed by atoms with Crippen molar-refractivity contribution in [1.29, 1.82) is 0 Å². The zero-order valence-electron chi connectivity index (χ0n) is 10.4. The van der Waals surface area contributed by atoms with E-state index in [-0.39, 0.29) is 20.1 Å². The van der Waals surface area contributed by atoms with E-state index in [0.717, 1.165) is 22.1 Å². The van der Waals surface area contributed by atoms with Crippen LogP contribution in [0.15, 0.2) is 54.7 Å². The minimum atomic E-state index is 0. The summed E-state index contributed by atoms with van der Waals surface area (Å²) >= 11 is 0. The van der Waals surface area contributed by atoms with Crippen molar-refractivity contribution in [3.8, 4) is 0 Å². The molecule has 0 aliphatic rings. The van der Waals surface area contributed by atoms with Gasteiger partial charge < -0.3 is 4.40 Å². The van der Waals surface area contributed by atoms with E-state index < -0.39 is 0 Å². The number of imidazole rings is 1. The largest absolute Gasteiger partial charge is 0.340 e. The molecular formula is C17H9IrN2-. The van der Waals surface area contributed by atoms with Crippen molar-refractivity contribution in [2.45, 2.75) is 0 Å². The van der Waals surface area contributed by atoms with Gasteiger partial charge in [0.25, 0.3) is 0 Å². The predicted molar refractivity (Wildman–Crippen MR) is 77.7 cm³/mol. The Kier molecular flexibility index (Phi) is 2.38. The van der Waals surface area contributed by atoms with Crippen LogP contribution in [-0.2, 0) is 20.1 Å². The molecule has 2 aromatic heterocycles. The van der Waals surface area contributed by atoms with Gasteiger partial charge in [-0.15, -0.1) is 23.6 Å². The van der Waals surface area contributed by atoms with E-state index in [9.17, 15) is 0 Å². The van der Waals surface area contributed by atoms with Crippen molar-refractivity contribution in [1.82, 2.24) is 9.38 Å². The van der Waals surface area contributed by atoms with Crippen molar-refractivity contribution in [2.24, 2.45) is 0 Å². The van der Waals surface area contributed by atoms with Gasteiger partial charge in [-0.2, -0.15) is 0 Å². The molecule has 3 heteroatoms. The maximum absolute atomic E-state index is 4.76. The number of hydrogen-bond acceptors (Lipinski definition) is 1. The van der Waals surface area contributed by atoms with Crippen molar-refractivity contribution in [2.75, 3.05) is 0 Å². The molecule has 0 unspecified atom stereocenters. The van der Waals surface area contributed by atoms with Gasteiger partial charge in [0, 0.05) is 20.1 Å². The van der Waals surface area contributed by atoms with E-state index in [1.54, 1.807) is 0 Å². The molecule has 0 aliphatic heterocycles. The van der Waals surface area contributed by atoms with Crippen LogP contribution in [0.1, 0.15) is 0 Å². The predicted octanol–water partition coefficient (Wildman–Crippen LogP) is 4.03. The molecule has 0 spiro atoms. The third-order valence-electron chi connectivity index (χ3n) is 3.85. The third-order valence-corrected chi connectivity index (χ3v) is 3.85. The van der Waals surface area contributed by atoms with Gasteiger partial charge >= 0.3 is 0 Å². The number of nitrogens with zero attached hydrogens (tertiary/aromatic N) is 2. The molecule has 0 amide bonds. The molecule has 2 nitrogen and oxygen atoms in total. The Morgan fingerprint density at radius 2 is 1.80 bits per heavy atom. The number of para-hydroxylation sites is 2. The molecular weight excluding hydrogens is 424 g/mol. The number of fused-ring (bicyclic) bond motifs is 4. The smallest absolute Gasteiger partial charge is 0.0774 e. The maximum Gasteiger partial charge on any atom is 0.0774 e. The van der Waals surface area contributed by atoms with Crippen molar-refractivity contribution < 1.29 is 20.1 Å². The minimum Gasteiger partial charge on any atom is -0.340 e. The molecule has 5 aromatic rings. The SMILES string of the molecule is [Ir].[c-]1ccc2ccc3cn4c5ccccc5nc4c1c23. The van der Waals surface area contributed by atoms with E-state index in [4.69, 9.17) is 4.98 Å². The van der Waals surface area contributed by atoms with Gasteiger partial charge in [0.05, 0.1) is 16.7 Å². The molecule has 0 bridgehead atoms. The Bertz CT molecular complexity index is 1060. The molecule has 0 saturated carbocycles. The van der Waals surface area contributed by atoms with Gasteiger partial charge in [0.2, 0.25) is 0 Å². The van der Waals surface area contributed by atoms with Gasteiger partial charge in [-0.25, -0.2) is 0 Å². The summed E-state index contributed by atoms with van der Waals surface area (Å²) in [5, 5.41) is 4.89. The molecule has 5 rings (SSSR count). The van der Waals surface area contributed by atoms with E-state index in [0.29, 0.717) is 0 Å². The van der Waals surface area contributed by atoms with Crippen molar-refractivity contribution in [3.63, 3.8) is 0 Å². The summed E-state index contributed by atoms with van der Waals surface area (Å²) < 4.78 is 2.17. The second-order valence-electron chi connectivity index (χ2n) is 4.89. The molecule has 3 aromatic carbocycles. The average Bonchev–Trinajstić information content (AvgIpc) is 3.03. The van der Waals surface area contributed by atoms with Gasteiger partial charge in [-0.3, -0.25) is 4.98 Å². The zero-order valence-corrected chi connectivity index (χ0v) is 12.8. The summed E-state index contributed by atoms with van der Waals surface area (Å²) in [5.74, 6) is 0. The van der Waals surface area contributed by atoms with Crippen molar-refractivity contribution in [3.05, 3.63) is 60.8 Å². The Morgan fingerprint density at radius 1 is 0.950 bits per heavy atom. The van der Waals surface area contributed by atoms with Gasteiger partial charge in [-0.1, -0.05) is 35.0 Å². The molecule has 1 radical (unpaired) electrons. The zero-order chi connectivity index (χ0) is 12.4. The molecule has 0 saturated heterocycles. The van der Waals surface area contributed by atoms with Crippen LogP contribution in [0.5, 0.6) is 0 Å². The van der Waals surface area contributed by atoms with Crippen LogP contribution in [0, 0.1) is 6.07 Å². The van der Waals surface area contributed by atoms with E-state index >= 15 is 0 Å². The molecule has 0 fully saturated rings. The fourth-order valence-electron chi connectivity index (χ4n) is 3.00. The van der Waals surface area contributed by atoms with Crippen LogP contribution in [0.4, 0.5) is 0 Å². The molecule has 2 heterocycles. The van der Waals surface area contributed by atoms with Crippen molar-refractivity contribution >= 4 is 38.2 Å². The number of hydrogen-bond donors (Lipinski definition) is 0. The molecule has 20 heavy (non-hydrogen) atoms. The number of rotatable bonds is 0. The monoisotopic (exact) mass is 434 g/mol. The standard InChI is InChI=1S/C17H9N2.Ir/c1-2-7-15-14(6-1)18-17-13-5-3-4-11-8-9-12(16(11)13)10-19(15)17;/h1-4,6-10H;/q-1;. The van der Waals surface area contributed by atoms with Crippen LogP contribution in [-0.4, -0.2) is 9.38 Å². The second kappa shape index (κ2) is 4.02. The number of aromatic nitrogens is 2. The maximum atomic E-state index is 4.76. The van der Waals surface area contributed by atoms with E-state index in [1.165, 1.54) is 16.2 Å². The summed E-state index contributed by atoms with van der Waals surface area (Å²) in [7, 11) is 0. The topological polar surface area (TPSA) is 17.3 Å². The normalized spacial score (nSPS) is 11.6.